The normalized spacial score (nSPS) is 11.8. The molecule has 0 amide bonds. The van der Waals surface area contributed by atoms with Gasteiger partial charge in [-0.1, -0.05) is 73.7 Å². The van der Waals surface area contributed by atoms with Crippen molar-refractivity contribution >= 4 is 22.3 Å². The average Bonchev–Trinajstić information content (AvgIpc) is 2.99. The number of rotatable bonds is 4. The number of aromatic nitrogens is 1. The van der Waals surface area contributed by atoms with Crippen molar-refractivity contribution in [1.82, 2.24) is 4.57 Å². The zero-order valence-corrected chi connectivity index (χ0v) is 15.2. The van der Waals surface area contributed by atoms with E-state index in [9.17, 15) is 0 Å². The summed E-state index contributed by atoms with van der Waals surface area (Å²) < 4.78 is 2.30. The Morgan fingerprint density at radius 2 is 1.42 bits per heavy atom. The number of hydrogen-bond acceptors (Lipinski definition) is 1. The average molecular weight is 338 g/mol. The number of hydrogen-bond donors (Lipinski definition) is 0. The summed E-state index contributed by atoms with van der Waals surface area (Å²) >= 11 is 0. The van der Waals surface area contributed by atoms with Crippen LogP contribution in [0.5, 0.6) is 0 Å². The van der Waals surface area contributed by atoms with Gasteiger partial charge < -0.3 is 4.57 Å². The lowest BCUT2D eigenvalue weighted by molar-refractivity contribution is 0.863. The van der Waals surface area contributed by atoms with E-state index < -0.39 is 0 Å². The molecule has 0 bridgehead atoms. The SMILES string of the molecule is CCc1c(C(=Nc2ccccc2)c2ccccc2)c2ccccc2n1C. The van der Waals surface area contributed by atoms with Crippen molar-refractivity contribution < 1.29 is 0 Å². The van der Waals surface area contributed by atoms with Crippen LogP contribution in [0.4, 0.5) is 5.69 Å². The van der Waals surface area contributed by atoms with Gasteiger partial charge in [0.2, 0.25) is 0 Å². The largest absolute Gasteiger partial charge is 0.347 e. The summed E-state index contributed by atoms with van der Waals surface area (Å²) in [6, 6.07) is 29.3. The van der Waals surface area contributed by atoms with Crippen LogP contribution in [0.3, 0.4) is 0 Å². The first-order valence-electron chi connectivity index (χ1n) is 9.05. The van der Waals surface area contributed by atoms with Gasteiger partial charge in [-0.2, -0.15) is 0 Å². The Bertz CT molecular complexity index is 1060. The Hall–Kier alpha value is -3.13. The zero-order valence-electron chi connectivity index (χ0n) is 15.2. The van der Waals surface area contributed by atoms with Gasteiger partial charge >= 0.3 is 0 Å². The summed E-state index contributed by atoms with van der Waals surface area (Å²) in [6.45, 7) is 2.21. The van der Waals surface area contributed by atoms with E-state index in [1.165, 1.54) is 22.2 Å². The second kappa shape index (κ2) is 7.01. The quantitative estimate of drug-likeness (QED) is 0.412. The summed E-state index contributed by atoms with van der Waals surface area (Å²) in [5.74, 6) is 0. The Kier molecular flexibility index (Phi) is 4.40. The Morgan fingerprint density at radius 3 is 2.12 bits per heavy atom. The highest BCUT2D eigenvalue weighted by Crippen LogP contribution is 2.30. The molecular formula is C24H22N2. The number of para-hydroxylation sites is 2. The maximum atomic E-state index is 5.07. The molecule has 1 aromatic heterocycles. The van der Waals surface area contributed by atoms with E-state index in [2.05, 4.69) is 79.2 Å². The lowest BCUT2D eigenvalue weighted by atomic mass is 9.98. The first kappa shape index (κ1) is 16.3. The van der Waals surface area contributed by atoms with Gasteiger partial charge in [0.15, 0.2) is 0 Å². The van der Waals surface area contributed by atoms with Crippen molar-refractivity contribution in [2.24, 2.45) is 12.0 Å². The molecule has 2 nitrogen and oxygen atoms in total. The fraction of sp³-hybridized carbons (Fsp3) is 0.125. The minimum absolute atomic E-state index is 0.959. The van der Waals surface area contributed by atoms with Crippen LogP contribution < -0.4 is 0 Å². The Balaban J connectivity index is 2.05. The third-order valence-electron chi connectivity index (χ3n) is 4.84. The van der Waals surface area contributed by atoms with Crippen molar-refractivity contribution in [3.8, 4) is 0 Å². The lowest BCUT2D eigenvalue weighted by Crippen LogP contribution is -2.07. The number of nitrogens with zero attached hydrogens (tertiary/aromatic N) is 2. The first-order chi connectivity index (χ1) is 12.8. The molecule has 0 N–H and O–H groups in total. The van der Waals surface area contributed by atoms with E-state index in [0.29, 0.717) is 0 Å². The van der Waals surface area contributed by atoms with Gasteiger partial charge in [0.25, 0.3) is 0 Å². The van der Waals surface area contributed by atoms with Crippen molar-refractivity contribution in [2.75, 3.05) is 0 Å². The van der Waals surface area contributed by atoms with Crippen LogP contribution in [0.2, 0.25) is 0 Å². The van der Waals surface area contributed by atoms with E-state index in [-0.39, 0.29) is 0 Å². The van der Waals surface area contributed by atoms with Crippen LogP contribution in [-0.2, 0) is 13.5 Å². The molecular weight excluding hydrogens is 316 g/mol. The standard InChI is InChI=1S/C24H22N2/c1-3-21-23(20-16-10-11-17-22(20)26(21)2)24(18-12-6-4-7-13-18)25-19-14-8-5-9-15-19/h4-17H,3H2,1-2H3. The zero-order chi connectivity index (χ0) is 17.9. The van der Waals surface area contributed by atoms with Crippen LogP contribution in [-0.4, -0.2) is 10.3 Å². The van der Waals surface area contributed by atoms with Crippen molar-refractivity contribution in [1.29, 1.82) is 0 Å². The molecule has 4 rings (SSSR count). The van der Waals surface area contributed by atoms with E-state index in [1.807, 2.05) is 24.3 Å². The number of aliphatic imine (C=N–C) groups is 1. The molecule has 0 fully saturated rings. The summed E-state index contributed by atoms with van der Waals surface area (Å²) in [5.41, 5.74) is 6.94. The fourth-order valence-corrected chi connectivity index (χ4v) is 3.62. The van der Waals surface area contributed by atoms with Crippen LogP contribution in [0.1, 0.15) is 23.7 Å². The van der Waals surface area contributed by atoms with Gasteiger partial charge in [0.05, 0.1) is 11.4 Å². The van der Waals surface area contributed by atoms with E-state index in [0.717, 1.165) is 23.4 Å². The summed E-state index contributed by atoms with van der Waals surface area (Å²) in [7, 11) is 2.15. The van der Waals surface area contributed by atoms with Crippen LogP contribution >= 0.6 is 0 Å². The molecule has 0 unspecified atom stereocenters. The minimum Gasteiger partial charge on any atom is -0.347 e. The van der Waals surface area contributed by atoms with Gasteiger partial charge in [0.1, 0.15) is 0 Å². The highest BCUT2D eigenvalue weighted by Gasteiger charge is 2.19. The number of fused-ring (bicyclic) bond motifs is 1. The third kappa shape index (κ3) is 2.84. The van der Waals surface area contributed by atoms with E-state index >= 15 is 0 Å². The predicted molar refractivity (Wildman–Crippen MR) is 110 cm³/mol. The van der Waals surface area contributed by atoms with Crippen molar-refractivity contribution in [2.45, 2.75) is 13.3 Å². The van der Waals surface area contributed by atoms with Crippen LogP contribution in [0.15, 0.2) is 89.9 Å². The molecule has 0 saturated carbocycles. The van der Waals surface area contributed by atoms with E-state index in [4.69, 9.17) is 4.99 Å². The molecule has 3 aromatic carbocycles. The lowest BCUT2D eigenvalue weighted by Gasteiger charge is -2.10. The second-order valence-corrected chi connectivity index (χ2v) is 6.41. The summed E-state index contributed by atoms with van der Waals surface area (Å²) in [5, 5.41) is 1.25. The van der Waals surface area contributed by atoms with Gasteiger partial charge in [0, 0.05) is 34.8 Å². The van der Waals surface area contributed by atoms with Crippen LogP contribution in [0.25, 0.3) is 10.9 Å². The highest BCUT2D eigenvalue weighted by atomic mass is 15.0. The van der Waals surface area contributed by atoms with Crippen molar-refractivity contribution in [3.63, 3.8) is 0 Å². The van der Waals surface area contributed by atoms with Crippen LogP contribution in [0, 0.1) is 0 Å². The molecule has 0 spiro atoms. The first-order valence-corrected chi connectivity index (χ1v) is 9.05. The number of benzene rings is 3. The second-order valence-electron chi connectivity index (χ2n) is 6.41. The Labute approximate surface area is 154 Å². The molecule has 0 radical (unpaired) electrons. The summed E-state index contributed by atoms with van der Waals surface area (Å²) in [6.07, 6.45) is 0.959. The fourth-order valence-electron chi connectivity index (χ4n) is 3.62. The molecule has 4 aromatic rings. The number of aryl methyl sites for hydroxylation is 1. The highest BCUT2D eigenvalue weighted by molar-refractivity contribution is 6.21. The van der Waals surface area contributed by atoms with Gasteiger partial charge in [-0.05, 0) is 24.6 Å². The topological polar surface area (TPSA) is 17.3 Å². The smallest absolute Gasteiger partial charge is 0.0805 e. The van der Waals surface area contributed by atoms with Gasteiger partial charge in [-0.25, -0.2) is 4.99 Å². The van der Waals surface area contributed by atoms with E-state index in [1.54, 1.807) is 0 Å². The van der Waals surface area contributed by atoms with Gasteiger partial charge in [-0.3, -0.25) is 0 Å². The Morgan fingerprint density at radius 1 is 0.808 bits per heavy atom. The minimum atomic E-state index is 0.959. The molecule has 0 aliphatic rings. The molecule has 128 valence electrons. The summed E-state index contributed by atoms with van der Waals surface area (Å²) in [4.78, 5) is 5.07. The molecule has 0 aliphatic carbocycles. The molecule has 26 heavy (non-hydrogen) atoms. The molecule has 2 heteroatoms. The molecule has 0 saturated heterocycles. The van der Waals surface area contributed by atoms with Crippen molar-refractivity contribution in [3.05, 3.63) is 102 Å². The molecule has 0 aliphatic heterocycles. The monoisotopic (exact) mass is 338 g/mol. The van der Waals surface area contributed by atoms with Gasteiger partial charge in [-0.15, -0.1) is 0 Å². The maximum absolute atomic E-state index is 5.07. The maximum Gasteiger partial charge on any atom is 0.0805 e. The molecule has 0 atom stereocenters. The molecule has 1 heterocycles. The third-order valence-corrected chi connectivity index (χ3v) is 4.84. The predicted octanol–water partition coefficient (Wildman–Crippen LogP) is 5.91.